The maximum atomic E-state index is 5.49. The summed E-state index contributed by atoms with van der Waals surface area (Å²) in [6, 6.07) is 0. The van der Waals surface area contributed by atoms with Gasteiger partial charge in [0.25, 0.3) is 11.2 Å². The Morgan fingerprint density at radius 3 is 2.92 bits per heavy atom. The molecule has 0 N–H and O–H groups in total. The number of nitrogens with zero attached hydrogens (tertiary/aromatic N) is 4. The SMILES string of the molecule is Clc1noc(-c2ncncc2Br)n1. The molecule has 0 radical (unpaired) electrons. The lowest BCUT2D eigenvalue weighted by atomic mass is 10.4. The fourth-order valence-corrected chi connectivity index (χ4v) is 1.27. The highest BCUT2D eigenvalue weighted by Gasteiger charge is 2.11. The van der Waals surface area contributed by atoms with Crippen LogP contribution < -0.4 is 0 Å². The minimum absolute atomic E-state index is 0.0560. The van der Waals surface area contributed by atoms with Gasteiger partial charge in [-0.3, -0.25) is 0 Å². The van der Waals surface area contributed by atoms with E-state index in [2.05, 4.69) is 36.0 Å². The van der Waals surface area contributed by atoms with Crippen molar-refractivity contribution in [3.63, 3.8) is 0 Å². The van der Waals surface area contributed by atoms with E-state index in [4.69, 9.17) is 16.1 Å². The topological polar surface area (TPSA) is 64.7 Å². The number of halogens is 2. The first-order valence-electron chi connectivity index (χ1n) is 3.22. The zero-order valence-corrected chi connectivity index (χ0v) is 8.45. The van der Waals surface area contributed by atoms with E-state index in [0.717, 1.165) is 0 Å². The van der Waals surface area contributed by atoms with Crippen molar-refractivity contribution in [2.24, 2.45) is 0 Å². The van der Waals surface area contributed by atoms with Gasteiger partial charge >= 0.3 is 0 Å². The zero-order chi connectivity index (χ0) is 9.26. The molecule has 2 rings (SSSR count). The van der Waals surface area contributed by atoms with Crippen LogP contribution in [-0.4, -0.2) is 20.1 Å². The van der Waals surface area contributed by atoms with Crippen molar-refractivity contribution in [1.29, 1.82) is 0 Å². The van der Waals surface area contributed by atoms with Gasteiger partial charge in [0.2, 0.25) is 0 Å². The number of rotatable bonds is 1. The average molecular weight is 261 g/mol. The number of hydrogen-bond donors (Lipinski definition) is 0. The second-order valence-corrected chi connectivity index (χ2v) is 3.28. The Hall–Kier alpha value is -1.01. The van der Waals surface area contributed by atoms with Crippen LogP contribution in [0.15, 0.2) is 21.5 Å². The van der Waals surface area contributed by atoms with Crippen LogP contribution in [0.25, 0.3) is 11.6 Å². The second-order valence-electron chi connectivity index (χ2n) is 2.09. The summed E-state index contributed by atoms with van der Waals surface area (Å²) in [5.74, 6) is 0.263. The maximum absolute atomic E-state index is 5.49. The third-order valence-corrected chi connectivity index (χ3v) is 2.01. The van der Waals surface area contributed by atoms with Crippen molar-refractivity contribution in [3.8, 4) is 11.6 Å². The van der Waals surface area contributed by atoms with Gasteiger partial charge in [-0.25, -0.2) is 9.97 Å². The first-order valence-corrected chi connectivity index (χ1v) is 4.39. The standard InChI is InChI=1S/C6H2BrClN4O/c7-3-1-9-2-10-4(3)5-11-6(8)12-13-5/h1-2H. The van der Waals surface area contributed by atoms with Crippen LogP contribution in [0.1, 0.15) is 0 Å². The first-order chi connectivity index (χ1) is 6.27. The molecule has 0 spiro atoms. The molecule has 5 nitrogen and oxygen atoms in total. The Balaban J connectivity index is 2.52. The minimum atomic E-state index is 0.0560. The van der Waals surface area contributed by atoms with Crippen LogP contribution in [0.2, 0.25) is 5.28 Å². The van der Waals surface area contributed by atoms with Crippen LogP contribution in [-0.2, 0) is 0 Å². The fourth-order valence-electron chi connectivity index (χ4n) is 0.772. The van der Waals surface area contributed by atoms with Crippen LogP contribution in [0.3, 0.4) is 0 Å². The van der Waals surface area contributed by atoms with Crippen molar-refractivity contribution < 1.29 is 4.52 Å². The van der Waals surface area contributed by atoms with Crippen molar-refractivity contribution in [2.75, 3.05) is 0 Å². The molecular weight excluding hydrogens is 259 g/mol. The van der Waals surface area contributed by atoms with Gasteiger partial charge in [0.15, 0.2) is 0 Å². The Labute approximate surface area is 86.3 Å². The van der Waals surface area contributed by atoms with Crippen LogP contribution in [0.5, 0.6) is 0 Å². The van der Waals surface area contributed by atoms with Crippen LogP contribution >= 0.6 is 27.5 Å². The van der Waals surface area contributed by atoms with E-state index in [1.807, 2.05) is 0 Å². The molecule has 0 aliphatic rings. The first kappa shape index (κ1) is 8.58. The zero-order valence-electron chi connectivity index (χ0n) is 6.11. The van der Waals surface area contributed by atoms with E-state index in [1.54, 1.807) is 6.20 Å². The molecule has 0 bridgehead atoms. The highest BCUT2D eigenvalue weighted by atomic mass is 79.9. The van der Waals surface area contributed by atoms with E-state index in [9.17, 15) is 0 Å². The molecule has 0 saturated carbocycles. The summed E-state index contributed by atoms with van der Waals surface area (Å²) >= 11 is 8.73. The molecule has 0 saturated heterocycles. The van der Waals surface area contributed by atoms with Gasteiger partial charge in [-0.1, -0.05) is 0 Å². The summed E-state index contributed by atoms with van der Waals surface area (Å²) in [6.45, 7) is 0. The monoisotopic (exact) mass is 260 g/mol. The Kier molecular flexibility index (Phi) is 2.24. The van der Waals surface area contributed by atoms with E-state index in [0.29, 0.717) is 10.2 Å². The molecule has 13 heavy (non-hydrogen) atoms. The molecule has 2 heterocycles. The molecule has 66 valence electrons. The predicted molar refractivity (Wildman–Crippen MR) is 48.0 cm³/mol. The molecular formula is C6H2BrClN4O. The summed E-state index contributed by atoms with van der Waals surface area (Å²) in [5.41, 5.74) is 0.523. The fraction of sp³-hybridized carbons (Fsp3) is 0. The van der Waals surface area contributed by atoms with Crippen molar-refractivity contribution >= 4 is 27.5 Å². The smallest absolute Gasteiger partial charge is 0.278 e. The van der Waals surface area contributed by atoms with Crippen LogP contribution in [0.4, 0.5) is 0 Å². The molecule has 0 aliphatic carbocycles. The van der Waals surface area contributed by atoms with E-state index < -0.39 is 0 Å². The maximum Gasteiger partial charge on any atom is 0.278 e. The van der Waals surface area contributed by atoms with Gasteiger partial charge in [-0.15, -0.1) is 0 Å². The van der Waals surface area contributed by atoms with Gasteiger partial charge in [-0.2, -0.15) is 4.98 Å². The highest BCUT2D eigenvalue weighted by molar-refractivity contribution is 9.10. The van der Waals surface area contributed by atoms with Gasteiger partial charge in [0, 0.05) is 6.20 Å². The Bertz CT molecular complexity index is 432. The lowest BCUT2D eigenvalue weighted by molar-refractivity contribution is 0.429. The molecule has 0 aliphatic heterocycles. The number of aromatic nitrogens is 4. The average Bonchev–Trinajstić information content (AvgIpc) is 2.53. The Morgan fingerprint density at radius 1 is 1.46 bits per heavy atom. The summed E-state index contributed by atoms with van der Waals surface area (Å²) in [7, 11) is 0. The third-order valence-electron chi connectivity index (χ3n) is 1.27. The lowest BCUT2D eigenvalue weighted by Gasteiger charge is -1.93. The molecule has 0 amide bonds. The van der Waals surface area contributed by atoms with E-state index in [-0.39, 0.29) is 11.2 Å². The van der Waals surface area contributed by atoms with Gasteiger partial charge < -0.3 is 4.52 Å². The number of hydrogen-bond acceptors (Lipinski definition) is 5. The molecule has 0 unspecified atom stereocenters. The summed E-state index contributed by atoms with van der Waals surface area (Å²) in [5, 5.41) is 3.49. The molecule has 0 fully saturated rings. The second kappa shape index (κ2) is 3.39. The summed E-state index contributed by atoms with van der Waals surface area (Å²) in [6.07, 6.45) is 2.97. The predicted octanol–water partition coefficient (Wildman–Crippen LogP) is 1.94. The largest absolute Gasteiger partial charge is 0.331 e. The molecule has 2 aromatic heterocycles. The van der Waals surface area contributed by atoms with E-state index in [1.165, 1.54) is 6.33 Å². The molecule has 2 aromatic rings. The van der Waals surface area contributed by atoms with Crippen molar-refractivity contribution in [1.82, 2.24) is 20.1 Å². The minimum Gasteiger partial charge on any atom is -0.331 e. The van der Waals surface area contributed by atoms with E-state index >= 15 is 0 Å². The van der Waals surface area contributed by atoms with Crippen molar-refractivity contribution in [3.05, 3.63) is 22.3 Å². The highest BCUT2D eigenvalue weighted by Crippen LogP contribution is 2.23. The summed E-state index contributed by atoms with van der Waals surface area (Å²) < 4.78 is 5.49. The van der Waals surface area contributed by atoms with Gasteiger partial charge in [0.1, 0.15) is 12.0 Å². The molecule has 7 heteroatoms. The quantitative estimate of drug-likeness (QED) is 0.785. The van der Waals surface area contributed by atoms with Crippen LogP contribution in [0, 0.1) is 0 Å². The lowest BCUT2D eigenvalue weighted by Crippen LogP contribution is -1.86. The summed E-state index contributed by atoms with van der Waals surface area (Å²) in [4.78, 5) is 11.6. The van der Waals surface area contributed by atoms with Gasteiger partial charge in [0.05, 0.1) is 4.47 Å². The molecule has 0 aromatic carbocycles. The third kappa shape index (κ3) is 1.68. The normalized spacial score (nSPS) is 10.3. The molecule has 0 atom stereocenters. The Morgan fingerprint density at radius 2 is 2.31 bits per heavy atom. The van der Waals surface area contributed by atoms with Crippen molar-refractivity contribution in [2.45, 2.75) is 0 Å². The van der Waals surface area contributed by atoms with Gasteiger partial charge in [-0.05, 0) is 32.7 Å².